The van der Waals surface area contributed by atoms with Crippen molar-refractivity contribution in [1.82, 2.24) is 15.2 Å². The van der Waals surface area contributed by atoms with Crippen molar-refractivity contribution in [1.29, 1.82) is 0 Å². The van der Waals surface area contributed by atoms with Crippen LogP contribution in [0.4, 0.5) is 17.4 Å². The van der Waals surface area contributed by atoms with Crippen molar-refractivity contribution >= 4 is 29.3 Å². The highest BCUT2D eigenvalue weighted by molar-refractivity contribution is 6.00. The number of amides is 1. The molecular formula is C26H31N5O5. The van der Waals surface area contributed by atoms with Gasteiger partial charge in [0.15, 0.2) is 0 Å². The Hall–Kier alpha value is -3.95. The third-order valence-corrected chi connectivity index (χ3v) is 6.11. The highest BCUT2D eigenvalue weighted by Gasteiger charge is 2.28. The van der Waals surface area contributed by atoms with Gasteiger partial charge in [-0.2, -0.15) is 0 Å². The lowest BCUT2D eigenvalue weighted by atomic mass is 9.87. The number of hydrogen-bond donors (Lipinski definition) is 2. The van der Waals surface area contributed by atoms with Gasteiger partial charge < -0.3 is 24.5 Å². The first-order valence-electron chi connectivity index (χ1n) is 11.9. The standard InChI is InChI=1S/C26H31N5O5/c1-26(2,3)17-7-9-18(10-8-17)29-25-31-30-23(36-25)22(32)28-19-11-14-21(27-15-19)35-20-12-5-16(6-13-20)24(33)34-4/h7-11,14-16,20H,5-6,12-13H2,1-4H3,(H,28,32)(H,29,31)/t16-,20+. The number of nitrogens with zero attached hydrogens (tertiary/aromatic N) is 3. The molecule has 0 radical (unpaired) electrons. The zero-order valence-electron chi connectivity index (χ0n) is 20.9. The second-order valence-corrected chi connectivity index (χ2v) is 9.82. The van der Waals surface area contributed by atoms with Gasteiger partial charge in [-0.1, -0.05) is 38.0 Å². The van der Waals surface area contributed by atoms with Crippen LogP contribution in [0.5, 0.6) is 5.88 Å². The minimum atomic E-state index is -0.546. The van der Waals surface area contributed by atoms with Crippen molar-refractivity contribution in [2.75, 3.05) is 17.7 Å². The van der Waals surface area contributed by atoms with E-state index in [1.165, 1.54) is 18.9 Å². The lowest BCUT2D eigenvalue weighted by Crippen LogP contribution is -2.28. The first-order valence-corrected chi connectivity index (χ1v) is 11.9. The number of carbonyl (C=O) groups is 2. The Morgan fingerprint density at radius 3 is 2.28 bits per heavy atom. The monoisotopic (exact) mass is 493 g/mol. The van der Waals surface area contributed by atoms with E-state index in [2.05, 4.69) is 46.6 Å². The van der Waals surface area contributed by atoms with Crippen molar-refractivity contribution < 1.29 is 23.5 Å². The Balaban J connectivity index is 1.27. The van der Waals surface area contributed by atoms with E-state index in [9.17, 15) is 9.59 Å². The molecule has 0 unspecified atom stereocenters. The first kappa shape index (κ1) is 25.2. The molecule has 0 bridgehead atoms. The van der Waals surface area contributed by atoms with E-state index in [1.54, 1.807) is 12.1 Å². The van der Waals surface area contributed by atoms with Gasteiger partial charge in [-0.05, 0) is 54.9 Å². The summed E-state index contributed by atoms with van der Waals surface area (Å²) in [5.41, 5.74) is 2.50. The smallest absolute Gasteiger partial charge is 0.320 e. The molecule has 2 aromatic heterocycles. The Kier molecular flexibility index (Phi) is 7.52. The van der Waals surface area contributed by atoms with Gasteiger partial charge in [0.1, 0.15) is 6.10 Å². The number of hydrogen-bond acceptors (Lipinski definition) is 9. The van der Waals surface area contributed by atoms with E-state index in [4.69, 9.17) is 13.9 Å². The molecule has 1 aliphatic carbocycles. The van der Waals surface area contributed by atoms with Gasteiger partial charge in [0, 0.05) is 11.8 Å². The SMILES string of the molecule is COC(=O)[C@H]1CC[C@@H](Oc2ccc(NC(=O)c3nnc(Nc4ccc(C(C)(C)C)cc4)o3)cn2)CC1. The number of nitrogens with one attached hydrogen (secondary N) is 2. The van der Waals surface area contributed by atoms with Gasteiger partial charge in [-0.3, -0.25) is 9.59 Å². The van der Waals surface area contributed by atoms with Crippen LogP contribution in [0.15, 0.2) is 47.0 Å². The Morgan fingerprint density at radius 1 is 0.972 bits per heavy atom. The second kappa shape index (κ2) is 10.8. The van der Waals surface area contributed by atoms with Crippen molar-refractivity contribution in [3.63, 3.8) is 0 Å². The van der Waals surface area contributed by atoms with Crippen LogP contribution in [0.2, 0.25) is 0 Å². The Labute approximate surface area is 209 Å². The van der Waals surface area contributed by atoms with E-state index in [-0.39, 0.29) is 35.3 Å². The van der Waals surface area contributed by atoms with Crippen molar-refractivity contribution in [3.05, 3.63) is 54.0 Å². The summed E-state index contributed by atoms with van der Waals surface area (Å²) < 4.78 is 16.2. The van der Waals surface area contributed by atoms with Crippen LogP contribution < -0.4 is 15.4 Å². The predicted octanol–water partition coefficient (Wildman–Crippen LogP) is 4.87. The number of aromatic nitrogens is 3. The molecule has 1 saturated carbocycles. The maximum absolute atomic E-state index is 12.5. The number of anilines is 3. The molecule has 190 valence electrons. The third kappa shape index (κ3) is 6.38. The summed E-state index contributed by atoms with van der Waals surface area (Å²) in [6.07, 6.45) is 4.47. The minimum absolute atomic E-state index is 0.00664. The summed E-state index contributed by atoms with van der Waals surface area (Å²) in [5, 5.41) is 13.4. The van der Waals surface area contributed by atoms with E-state index >= 15 is 0 Å². The molecule has 2 N–H and O–H groups in total. The van der Waals surface area contributed by atoms with Crippen LogP contribution in [0.3, 0.4) is 0 Å². The van der Waals surface area contributed by atoms with Crippen molar-refractivity contribution in [3.8, 4) is 5.88 Å². The first-order chi connectivity index (χ1) is 17.2. The van der Waals surface area contributed by atoms with Crippen LogP contribution in [-0.2, 0) is 14.9 Å². The lowest BCUT2D eigenvalue weighted by molar-refractivity contribution is -0.147. The summed E-state index contributed by atoms with van der Waals surface area (Å²) in [4.78, 5) is 28.4. The number of ether oxygens (including phenoxy) is 2. The summed E-state index contributed by atoms with van der Waals surface area (Å²) in [5.74, 6) is -0.488. The molecule has 10 nitrogen and oxygen atoms in total. The molecule has 1 amide bonds. The van der Waals surface area contributed by atoms with E-state index in [0.29, 0.717) is 11.6 Å². The topological polar surface area (TPSA) is 128 Å². The second-order valence-electron chi connectivity index (χ2n) is 9.82. The Bertz CT molecular complexity index is 1180. The normalized spacial score (nSPS) is 17.8. The van der Waals surface area contributed by atoms with Gasteiger partial charge in [-0.25, -0.2) is 4.98 Å². The molecule has 2 heterocycles. The lowest BCUT2D eigenvalue weighted by Gasteiger charge is -2.27. The van der Waals surface area contributed by atoms with Crippen LogP contribution in [0.1, 0.15) is 62.7 Å². The molecule has 0 spiro atoms. The largest absolute Gasteiger partial charge is 0.474 e. The molecule has 0 saturated heterocycles. The molecule has 4 rings (SSSR count). The highest BCUT2D eigenvalue weighted by atomic mass is 16.5. The maximum Gasteiger partial charge on any atom is 0.320 e. The summed E-state index contributed by atoms with van der Waals surface area (Å²) >= 11 is 0. The number of methoxy groups -OCH3 is 1. The number of carbonyl (C=O) groups excluding carboxylic acids is 2. The number of pyridine rings is 1. The molecule has 3 aromatic rings. The summed E-state index contributed by atoms with van der Waals surface area (Å²) in [6, 6.07) is 11.4. The zero-order chi connectivity index (χ0) is 25.7. The van der Waals surface area contributed by atoms with Gasteiger partial charge in [0.05, 0.1) is 24.9 Å². The summed E-state index contributed by atoms with van der Waals surface area (Å²) in [6.45, 7) is 6.44. The van der Waals surface area contributed by atoms with Crippen LogP contribution in [-0.4, -0.2) is 40.3 Å². The molecule has 1 aromatic carbocycles. The quantitative estimate of drug-likeness (QED) is 0.443. The fourth-order valence-electron chi connectivity index (χ4n) is 4.00. The molecular weight excluding hydrogens is 462 g/mol. The molecule has 36 heavy (non-hydrogen) atoms. The molecule has 0 aliphatic heterocycles. The fraction of sp³-hybridized carbons (Fsp3) is 0.423. The molecule has 0 atom stereocenters. The molecule has 10 heteroatoms. The van der Waals surface area contributed by atoms with E-state index in [0.717, 1.165) is 31.4 Å². The molecule has 1 fully saturated rings. The van der Waals surface area contributed by atoms with Crippen LogP contribution in [0, 0.1) is 5.92 Å². The summed E-state index contributed by atoms with van der Waals surface area (Å²) in [7, 11) is 1.41. The van der Waals surface area contributed by atoms with Gasteiger partial charge in [0.2, 0.25) is 5.88 Å². The van der Waals surface area contributed by atoms with Gasteiger partial charge >= 0.3 is 23.8 Å². The van der Waals surface area contributed by atoms with E-state index in [1.807, 2.05) is 24.3 Å². The van der Waals surface area contributed by atoms with Crippen LogP contribution in [0.25, 0.3) is 0 Å². The number of benzene rings is 1. The van der Waals surface area contributed by atoms with E-state index < -0.39 is 5.91 Å². The highest BCUT2D eigenvalue weighted by Crippen LogP contribution is 2.28. The average molecular weight is 494 g/mol. The maximum atomic E-state index is 12.5. The zero-order valence-corrected chi connectivity index (χ0v) is 20.9. The van der Waals surface area contributed by atoms with Crippen molar-refractivity contribution in [2.45, 2.75) is 58.0 Å². The van der Waals surface area contributed by atoms with Crippen LogP contribution >= 0.6 is 0 Å². The number of rotatable bonds is 7. The predicted molar refractivity (Wildman–Crippen MR) is 133 cm³/mol. The molecule has 1 aliphatic rings. The number of esters is 1. The average Bonchev–Trinajstić information content (AvgIpc) is 3.34. The minimum Gasteiger partial charge on any atom is -0.474 e. The van der Waals surface area contributed by atoms with Gasteiger partial charge in [-0.15, -0.1) is 5.10 Å². The fourth-order valence-corrected chi connectivity index (χ4v) is 4.00. The van der Waals surface area contributed by atoms with Crippen molar-refractivity contribution in [2.24, 2.45) is 5.92 Å². The third-order valence-electron chi connectivity index (χ3n) is 6.11. The van der Waals surface area contributed by atoms with Gasteiger partial charge in [0.25, 0.3) is 0 Å². The Morgan fingerprint density at radius 2 is 1.67 bits per heavy atom.